The number of halogens is 1. The number of ether oxygens (including phenoxy) is 1. The van der Waals surface area contributed by atoms with E-state index in [1.807, 2.05) is 0 Å². The lowest BCUT2D eigenvalue weighted by Gasteiger charge is -2.16. The van der Waals surface area contributed by atoms with Gasteiger partial charge in [-0.2, -0.15) is 0 Å². The molecule has 0 radical (unpaired) electrons. The van der Waals surface area contributed by atoms with Gasteiger partial charge in [-0.05, 0) is 37.9 Å². The van der Waals surface area contributed by atoms with E-state index in [9.17, 15) is 9.59 Å². The minimum Gasteiger partial charge on any atom is -0.484 e. The maximum absolute atomic E-state index is 12.0. The Kier molecular flexibility index (Phi) is 6.65. The Morgan fingerprint density at radius 2 is 2.19 bits per heavy atom. The van der Waals surface area contributed by atoms with E-state index in [0.717, 1.165) is 13.0 Å². The summed E-state index contributed by atoms with van der Waals surface area (Å²) in [5.74, 6) is 0.891. The average molecular weight is 313 g/mol. The first-order chi connectivity index (χ1) is 9.60. The van der Waals surface area contributed by atoms with Crippen LogP contribution >= 0.6 is 12.4 Å². The first-order valence-corrected chi connectivity index (χ1v) is 6.82. The number of carbonyl (C=O) groups excluding carboxylic acids is 2. The SMILES string of the molecule is CC(=O)c1cccc(OCC(=O)N2CCC(CN)C2)c1.Cl. The molecule has 1 fully saturated rings. The van der Waals surface area contributed by atoms with E-state index in [1.54, 1.807) is 29.2 Å². The number of likely N-dealkylation sites (tertiary alicyclic amines) is 1. The van der Waals surface area contributed by atoms with Crippen LogP contribution in [0, 0.1) is 5.92 Å². The largest absolute Gasteiger partial charge is 0.484 e. The summed E-state index contributed by atoms with van der Waals surface area (Å²) < 4.78 is 5.47. The second-order valence-corrected chi connectivity index (χ2v) is 5.10. The number of nitrogens with zero attached hydrogens (tertiary/aromatic N) is 1. The van der Waals surface area contributed by atoms with Crippen molar-refractivity contribution < 1.29 is 14.3 Å². The fourth-order valence-electron chi connectivity index (χ4n) is 2.29. The number of Topliss-reactive ketones (excluding diaryl/α,β-unsaturated/α-hetero) is 1. The third-order valence-corrected chi connectivity index (χ3v) is 3.57. The van der Waals surface area contributed by atoms with Gasteiger partial charge in [0, 0.05) is 18.7 Å². The summed E-state index contributed by atoms with van der Waals surface area (Å²) >= 11 is 0. The third kappa shape index (κ3) is 4.72. The monoisotopic (exact) mass is 312 g/mol. The standard InChI is InChI=1S/C15H20N2O3.ClH/c1-11(18)13-3-2-4-14(7-13)20-10-15(19)17-6-5-12(8-16)9-17;/h2-4,7,12H,5-6,8-10,16H2,1H3;1H. The molecule has 0 bridgehead atoms. The van der Waals surface area contributed by atoms with Crippen molar-refractivity contribution in [1.29, 1.82) is 0 Å². The van der Waals surface area contributed by atoms with Gasteiger partial charge < -0.3 is 15.4 Å². The molecule has 2 N–H and O–H groups in total. The van der Waals surface area contributed by atoms with Crippen molar-refractivity contribution in [1.82, 2.24) is 4.90 Å². The predicted octanol–water partition coefficient (Wildman–Crippen LogP) is 1.50. The molecule has 116 valence electrons. The van der Waals surface area contributed by atoms with Gasteiger partial charge in [0.25, 0.3) is 5.91 Å². The lowest BCUT2D eigenvalue weighted by atomic mass is 10.1. The maximum atomic E-state index is 12.0. The van der Waals surface area contributed by atoms with Crippen molar-refractivity contribution in [2.75, 3.05) is 26.2 Å². The highest BCUT2D eigenvalue weighted by Gasteiger charge is 2.25. The van der Waals surface area contributed by atoms with Crippen molar-refractivity contribution in [2.45, 2.75) is 13.3 Å². The van der Waals surface area contributed by atoms with Crippen LogP contribution in [-0.4, -0.2) is 42.8 Å². The molecule has 1 aliphatic rings. The number of nitrogens with two attached hydrogens (primary N) is 1. The van der Waals surface area contributed by atoms with Crippen LogP contribution in [0.4, 0.5) is 0 Å². The number of hydrogen-bond donors (Lipinski definition) is 1. The molecule has 1 aromatic carbocycles. The smallest absolute Gasteiger partial charge is 0.260 e. The number of carbonyl (C=O) groups is 2. The normalized spacial score (nSPS) is 17.2. The molecular formula is C15H21ClN2O3. The van der Waals surface area contributed by atoms with Crippen LogP contribution in [-0.2, 0) is 4.79 Å². The Balaban J connectivity index is 0.00000220. The fourth-order valence-corrected chi connectivity index (χ4v) is 2.29. The van der Waals surface area contributed by atoms with Crippen LogP contribution in [0.1, 0.15) is 23.7 Å². The highest BCUT2D eigenvalue weighted by Crippen LogP contribution is 2.17. The molecule has 1 amide bonds. The first kappa shape index (κ1) is 17.5. The van der Waals surface area contributed by atoms with Gasteiger partial charge in [0.05, 0.1) is 0 Å². The molecule has 1 aromatic rings. The van der Waals surface area contributed by atoms with Crippen molar-refractivity contribution in [3.05, 3.63) is 29.8 Å². The van der Waals surface area contributed by atoms with Gasteiger partial charge in [-0.15, -0.1) is 12.4 Å². The van der Waals surface area contributed by atoms with E-state index in [-0.39, 0.29) is 30.7 Å². The number of ketones is 1. The van der Waals surface area contributed by atoms with Crippen LogP contribution in [0.3, 0.4) is 0 Å². The van der Waals surface area contributed by atoms with Gasteiger partial charge in [0.2, 0.25) is 0 Å². The van der Waals surface area contributed by atoms with Gasteiger partial charge in [-0.3, -0.25) is 9.59 Å². The molecule has 1 aliphatic heterocycles. The topological polar surface area (TPSA) is 72.6 Å². The Labute approximate surface area is 130 Å². The van der Waals surface area contributed by atoms with Crippen LogP contribution < -0.4 is 10.5 Å². The molecule has 5 nitrogen and oxygen atoms in total. The molecule has 1 unspecified atom stereocenters. The molecule has 0 saturated carbocycles. The lowest BCUT2D eigenvalue weighted by molar-refractivity contribution is -0.132. The Morgan fingerprint density at radius 1 is 1.43 bits per heavy atom. The summed E-state index contributed by atoms with van der Waals surface area (Å²) in [6.07, 6.45) is 0.960. The molecule has 0 aliphatic carbocycles. The van der Waals surface area contributed by atoms with E-state index in [4.69, 9.17) is 10.5 Å². The van der Waals surface area contributed by atoms with Crippen molar-refractivity contribution >= 4 is 24.1 Å². The molecule has 0 spiro atoms. The van der Waals surface area contributed by atoms with Crippen LogP contribution in [0.15, 0.2) is 24.3 Å². The van der Waals surface area contributed by atoms with Gasteiger partial charge in [-0.25, -0.2) is 0 Å². The zero-order valence-electron chi connectivity index (χ0n) is 12.1. The highest BCUT2D eigenvalue weighted by molar-refractivity contribution is 5.94. The van der Waals surface area contributed by atoms with Crippen molar-refractivity contribution in [3.63, 3.8) is 0 Å². The van der Waals surface area contributed by atoms with Crippen LogP contribution in [0.25, 0.3) is 0 Å². The predicted molar refractivity (Wildman–Crippen MR) is 82.9 cm³/mol. The number of amides is 1. The average Bonchev–Trinajstić information content (AvgIpc) is 2.94. The summed E-state index contributed by atoms with van der Waals surface area (Å²) in [7, 11) is 0. The summed E-state index contributed by atoms with van der Waals surface area (Å²) in [4.78, 5) is 25.0. The molecule has 21 heavy (non-hydrogen) atoms. The van der Waals surface area contributed by atoms with Crippen molar-refractivity contribution in [2.24, 2.45) is 11.7 Å². The Hall–Kier alpha value is -1.59. The van der Waals surface area contributed by atoms with Crippen molar-refractivity contribution in [3.8, 4) is 5.75 Å². The Morgan fingerprint density at radius 3 is 2.81 bits per heavy atom. The zero-order chi connectivity index (χ0) is 14.5. The third-order valence-electron chi connectivity index (χ3n) is 3.57. The summed E-state index contributed by atoms with van der Waals surface area (Å²) in [6, 6.07) is 6.87. The van der Waals surface area contributed by atoms with Gasteiger partial charge >= 0.3 is 0 Å². The second kappa shape index (κ2) is 8.00. The highest BCUT2D eigenvalue weighted by atomic mass is 35.5. The maximum Gasteiger partial charge on any atom is 0.260 e. The fraction of sp³-hybridized carbons (Fsp3) is 0.467. The van der Waals surface area contributed by atoms with E-state index >= 15 is 0 Å². The van der Waals surface area contributed by atoms with Gasteiger partial charge in [0.15, 0.2) is 12.4 Å². The molecule has 1 atom stereocenters. The molecule has 0 aromatic heterocycles. The summed E-state index contributed by atoms with van der Waals surface area (Å²) in [5, 5.41) is 0. The molecule has 2 rings (SSSR count). The zero-order valence-corrected chi connectivity index (χ0v) is 12.9. The molecule has 1 heterocycles. The summed E-state index contributed by atoms with van der Waals surface area (Å²) in [5.41, 5.74) is 6.19. The Bertz CT molecular complexity index is 507. The minimum atomic E-state index is -0.0332. The second-order valence-electron chi connectivity index (χ2n) is 5.10. The number of rotatable bonds is 5. The van der Waals surface area contributed by atoms with E-state index < -0.39 is 0 Å². The molecular weight excluding hydrogens is 292 g/mol. The first-order valence-electron chi connectivity index (χ1n) is 6.82. The quantitative estimate of drug-likeness (QED) is 0.836. The van der Waals surface area contributed by atoms with Crippen LogP contribution in [0.2, 0.25) is 0 Å². The number of benzene rings is 1. The molecule has 1 saturated heterocycles. The van der Waals surface area contributed by atoms with E-state index in [1.165, 1.54) is 6.92 Å². The summed E-state index contributed by atoms with van der Waals surface area (Å²) in [6.45, 7) is 3.58. The van der Waals surface area contributed by atoms with E-state index in [0.29, 0.717) is 30.3 Å². The lowest BCUT2D eigenvalue weighted by Crippen LogP contribution is -2.33. The van der Waals surface area contributed by atoms with Crippen LogP contribution in [0.5, 0.6) is 5.75 Å². The number of hydrogen-bond acceptors (Lipinski definition) is 4. The van der Waals surface area contributed by atoms with Gasteiger partial charge in [-0.1, -0.05) is 12.1 Å². The van der Waals surface area contributed by atoms with Gasteiger partial charge in [0.1, 0.15) is 5.75 Å². The van der Waals surface area contributed by atoms with E-state index in [2.05, 4.69) is 0 Å². The molecule has 6 heteroatoms. The minimum absolute atomic E-state index is 0.